The molecule has 0 unspecified atom stereocenters. The third-order valence-corrected chi connectivity index (χ3v) is 5.84. The van der Waals surface area contributed by atoms with E-state index in [-0.39, 0.29) is 24.5 Å². The van der Waals surface area contributed by atoms with E-state index in [4.69, 9.17) is 34.5 Å². The summed E-state index contributed by atoms with van der Waals surface area (Å²) in [5.41, 5.74) is -0.930. The molecular weight excluding hydrogens is 618 g/mol. The Morgan fingerprint density at radius 3 is 1.34 bits per heavy atom. The molecule has 0 aliphatic carbocycles. The normalized spacial score (nSPS) is 13.3. The molecule has 0 bridgehead atoms. The minimum Gasteiger partial charge on any atom is -0.460 e. The molecule has 0 fully saturated rings. The van der Waals surface area contributed by atoms with Crippen LogP contribution in [0.2, 0.25) is 39.3 Å². The van der Waals surface area contributed by atoms with Crippen molar-refractivity contribution in [3.8, 4) is 0 Å². The van der Waals surface area contributed by atoms with Crippen LogP contribution in [0.3, 0.4) is 0 Å². The SMILES string of the molecule is CCN(CC)CC.COCC[C@@H](CC(=O)OC(C)(C)C)O[Si](C)(C)C.COCC[C@H](O)CC(=O)OC(C)(C)C.C[Si](C)(C)Cl. The number of methoxy groups -OCH3 is 2. The average Bonchev–Trinajstić information content (AvgIpc) is 2.78. The number of hydrogen-bond donors (Lipinski definition) is 1. The number of halogens is 1. The second kappa shape index (κ2) is 26.5. The molecule has 0 aromatic heterocycles. The molecule has 0 heterocycles. The number of carbonyl (C=O) groups is 2. The Labute approximate surface area is 278 Å². The van der Waals surface area contributed by atoms with Gasteiger partial charge in [0, 0.05) is 27.4 Å². The zero-order chi connectivity index (χ0) is 35.8. The first kappa shape index (κ1) is 50.3. The van der Waals surface area contributed by atoms with E-state index in [2.05, 4.69) is 65.0 Å². The Kier molecular flexibility index (Phi) is 30.3. The van der Waals surface area contributed by atoms with Gasteiger partial charge in [0.2, 0.25) is 0 Å². The molecule has 0 aromatic carbocycles. The van der Waals surface area contributed by atoms with Crippen molar-refractivity contribution in [1.29, 1.82) is 0 Å². The number of ether oxygens (including phenoxy) is 4. The molecule has 44 heavy (non-hydrogen) atoms. The number of hydrogen-bond acceptors (Lipinski definition) is 9. The number of aliphatic hydroxyl groups is 1. The summed E-state index contributed by atoms with van der Waals surface area (Å²) in [5.74, 6) is -0.581. The predicted molar refractivity (Wildman–Crippen MR) is 191 cm³/mol. The maximum Gasteiger partial charge on any atom is 0.308 e. The minimum absolute atomic E-state index is 0.0284. The van der Waals surface area contributed by atoms with Gasteiger partial charge in [-0.25, -0.2) is 0 Å². The van der Waals surface area contributed by atoms with E-state index in [0.717, 1.165) is 6.42 Å². The van der Waals surface area contributed by atoms with Gasteiger partial charge in [-0.2, -0.15) is 11.1 Å². The number of rotatable bonds is 15. The van der Waals surface area contributed by atoms with Gasteiger partial charge in [-0.1, -0.05) is 40.4 Å². The van der Waals surface area contributed by atoms with E-state index >= 15 is 0 Å². The lowest BCUT2D eigenvalue weighted by atomic mass is 10.1. The van der Waals surface area contributed by atoms with Gasteiger partial charge in [0.15, 0.2) is 8.32 Å². The van der Waals surface area contributed by atoms with Crippen molar-refractivity contribution in [3.05, 3.63) is 0 Å². The van der Waals surface area contributed by atoms with Crippen LogP contribution in [0.15, 0.2) is 0 Å². The highest BCUT2D eigenvalue weighted by molar-refractivity contribution is 7.18. The third kappa shape index (κ3) is 51.1. The molecule has 268 valence electrons. The molecule has 0 saturated carbocycles. The van der Waals surface area contributed by atoms with Crippen molar-refractivity contribution in [2.45, 2.75) is 151 Å². The van der Waals surface area contributed by atoms with E-state index in [1.807, 2.05) is 20.8 Å². The standard InChI is InChI=1S/C13H28O4Si.C10H20O4.C6H15N.C3H9ClSi/c1-13(2,3)16-12(14)10-11(8-9-15-4)17-18(5,6)7;1-10(2,3)14-9(12)7-8(11)5-6-13-4;1-4-7(5-2)6-3;1-5(2,3)4/h11H,8-10H2,1-7H3;8,11H,5-7H2,1-4H3;4-6H2,1-3H3;1-3H3/t11-;8-;;/m00../s1. The van der Waals surface area contributed by atoms with Crippen molar-refractivity contribution < 1.29 is 38.1 Å². The van der Waals surface area contributed by atoms with Gasteiger partial charge in [-0.15, -0.1) is 0 Å². The summed E-state index contributed by atoms with van der Waals surface area (Å²) in [5, 5.41) is 9.37. The Balaban J connectivity index is -0.000000270. The molecule has 2 atom stereocenters. The molecule has 0 amide bonds. The van der Waals surface area contributed by atoms with E-state index in [1.54, 1.807) is 35.0 Å². The second-order valence-electron chi connectivity index (χ2n) is 14.3. The molecule has 0 radical (unpaired) electrons. The molecule has 0 saturated heterocycles. The van der Waals surface area contributed by atoms with Gasteiger partial charge < -0.3 is 33.4 Å². The van der Waals surface area contributed by atoms with Gasteiger partial charge in [0.1, 0.15) is 18.6 Å². The van der Waals surface area contributed by atoms with Crippen molar-refractivity contribution >= 4 is 38.7 Å². The van der Waals surface area contributed by atoms with Crippen LogP contribution in [0.5, 0.6) is 0 Å². The molecule has 1 N–H and O–H groups in total. The first-order chi connectivity index (χ1) is 19.7. The smallest absolute Gasteiger partial charge is 0.308 e. The van der Waals surface area contributed by atoms with E-state index < -0.39 is 33.0 Å². The molecule has 0 rings (SSSR count). The predicted octanol–water partition coefficient (Wildman–Crippen LogP) is 7.50. The van der Waals surface area contributed by atoms with Gasteiger partial charge in [0.05, 0.1) is 25.0 Å². The Morgan fingerprint density at radius 2 is 1.07 bits per heavy atom. The fourth-order valence-corrected chi connectivity index (χ4v) is 4.32. The molecular formula is C32H72ClNO8Si2. The van der Waals surface area contributed by atoms with Crippen LogP contribution < -0.4 is 0 Å². The van der Waals surface area contributed by atoms with Crippen molar-refractivity contribution in [1.82, 2.24) is 4.90 Å². The largest absolute Gasteiger partial charge is 0.460 e. The quantitative estimate of drug-likeness (QED) is 0.106. The monoisotopic (exact) mass is 689 g/mol. The van der Waals surface area contributed by atoms with E-state index in [1.165, 1.54) is 19.6 Å². The van der Waals surface area contributed by atoms with Crippen LogP contribution in [0.1, 0.15) is 88.0 Å². The third-order valence-electron chi connectivity index (χ3n) is 4.80. The van der Waals surface area contributed by atoms with Crippen molar-refractivity contribution in [2.24, 2.45) is 0 Å². The topological polar surface area (TPSA) is 104 Å². The van der Waals surface area contributed by atoms with Crippen LogP contribution in [0.4, 0.5) is 0 Å². The fraction of sp³-hybridized carbons (Fsp3) is 0.938. The number of carbonyl (C=O) groups excluding carboxylic acids is 2. The first-order valence-electron chi connectivity index (χ1n) is 15.9. The number of esters is 2. The Bertz CT molecular complexity index is 687. The van der Waals surface area contributed by atoms with Crippen LogP contribution in [-0.2, 0) is 33.0 Å². The summed E-state index contributed by atoms with van der Waals surface area (Å²) in [6.45, 7) is 34.8. The van der Waals surface area contributed by atoms with Crippen LogP contribution >= 0.6 is 11.1 Å². The summed E-state index contributed by atoms with van der Waals surface area (Å²) in [6, 6.07) is 0. The first-order valence-corrected chi connectivity index (χ1v) is 23.8. The maximum atomic E-state index is 11.8. The van der Waals surface area contributed by atoms with Gasteiger partial charge in [-0.05, 0) is 93.7 Å². The summed E-state index contributed by atoms with van der Waals surface area (Å²) < 4.78 is 26.2. The maximum absolute atomic E-state index is 11.8. The Hall–Kier alpha value is -0.536. The van der Waals surface area contributed by atoms with Crippen LogP contribution in [-0.4, -0.2) is 108 Å². The Morgan fingerprint density at radius 1 is 0.727 bits per heavy atom. The number of aliphatic hydroxyl groups excluding tert-OH is 1. The highest BCUT2D eigenvalue weighted by atomic mass is 35.6. The highest BCUT2D eigenvalue weighted by Crippen LogP contribution is 2.16. The second-order valence-corrected chi connectivity index (χ2v) is 26.3. The average molecular weight is 691 g/mol. The molecule has 0 spiro atoms. The summed E-state index contributed by atoms with van der Waals surface area (Å²) >= 11 is 5.67. The molecule has 12 heteroatoms. The lowest BCUT2D eigenvalue weighted by Gasteiger charge is -2.27. The summed E-state index contributed by atoms with van der Waals surface area (Å²) in [6.07, 6.45) is 0.720. The van der Waals surface area contributed by atoms with E-state index in [9.17, 15) is 14.7 Å². The number of nitrogens with zero attached hydrogens (tertiary/aromatic N) is 1. The molecule has 0 aliphatic rings. The lowest BCUT2D eigenvalue weighted by molar-refractivity contribution is -0.158. The lowest BCUT2D eigenvalue weighted by Crippen LogP contribution is -2.35. The molecule has 9 nitrogen and oxygen atoms in total. The molecule has 0 aromatic rings. The minimum atomic E-state index is -1.66. The summed E-state index contributed by atoms with van der Waals surface area (Å²) in [4.78, 5) is 25.4. The van der Waals surface area contributed by atoms with Gasteiger partial charge in [0.25, 0.3) is 0 Å². The van der Waals surface area contributed by atoms with Crippen molar-refractivity contribution in [3.63, 3.8) is 0 Å². The van der Waals surface area contributed by atoms with Gasteiger partial charge in [-0.3, -0.25) is 9.59 Å². The molecule has 0 aliphatic heterocycles. The van der Waals surface area contributed by atoms with Crippen LogP contribution in [0.25, 0.3) is 0 Å². The highest BCUT2D eigenvalue weighted by Gasteiger charge is 2.25. The summed E-state index contributed by atoms with van der Waals surface area (Å²) in [7, 11) is 0.410. The van der Waals surface area contributed by atoms with Crippen molar-refractivity contribution in [2.75, 3.05) is 47.1 Å². The van der Waals surface area contributed by atoms with Crippen LogP contribution in [0, 0.1) is 0 Å². The zero-order valence-corrected chi connectivity index (χ0v) is 34.4. The van der Waals surface area contributed by atoms with E-state index in [0.29, 0.717) is 26.1 Å². The van der Waals surface area contributed by atoms with Gasteiger partial charge >= 0.3 is 11.9 Å². The zero-order valence-electron chi connectivity index (χ0n) is 31.6. The fourth-order valence-electron chi connectivity index (χ4n) is 3.12.